The van der Waals surface area contributed by atoms with Crippen molar-refractivity contribution in [3.05, 3.63) is 33.6 Å². The van der Waals surface area contributed by atoms with Gasteiger partial charge in [-0.15, -0.1) is 0 Å². The van der Waals surface area contributed by atoms with Crippen LogP contribution in [0.4, 0.5) is 5.88 Å². The Kier molecular flexibility index (Phi) is 4.28. The third kappa shape index (κ3) is 2.99. The third-order valence-corrected chi connectivity index (χ3v) is 4.69. The minimum absolute atomic E-state index is 0.0115. The average molecular weight is 365 g/mol. The summed E-state index contributed by atoms with van der Waals surface area (Å²) >= 11 is 2.49. The second-order valence-corrected chi connectivity index (χ2v) is 7.28. The molecular weight excluding hydrogens is 354 g/mol. The molecule has 2 aliphatic heterocycles. The van der Waals surface area contributed by atoms with Gasteiger partial charge in [-0.3, -0.25) is 20.3 Å². The molecule has 9 nitrogen and oxygen atoms in total. The van der Waals surface area contributed by atoms with Crippen LogP contribution in [0.3, 0.4) is 0 Å². The lowest BCUT2D eigenvalue weighted by Gasteiger charge is -2.24. The predicted octanol–water partition coefficient (Wildman–Crippen LogP) is 2.91. The van der Waals surface area contributed by atoms with Gasteiger partial charge < -0.3 is 4.42 Å². The van der Waals surface area contributed by atoms with Crippen LogP contribution in [0.5, 0.6) is 0 Å². The fourth-order valence-electron chi connectivity index (χ4n) is 1.95. The molecular formula is C13H11N5O4S2. The number of hydrogen-bond donors (Lipinski definition) is 1. The normalized spacial score (nSPS) is 19.0. The van der Waals surface area contributed by atoms with Crippen LogP contribution in [0.15, 0.2) is 31.5 Å². The fourth-order valence-corrected chi connectivity index (χ4v) is 3.62. The minimum Gasteiger partial charge on any atom is -0.401 e. The number of nitro groups is 1. The number of fused-ring (bicyclic) bond motifs is 1. The molecule has 0 aliphatic carbocycles. The first-order chi connectivity index (χ1) is 11.4. The van der Waals surface area contributed by atoms with Crippen molar-refractivity contribution in [2.45, 2.75) is 19.1 Å². The fraction of sp³-hybridized carbons (Fsp3) is 0.231. The zero-order valence-electron chi connectivity index (χ0n) is 12.5. The van der Waals surface area contributed by atoms with Crippen LogP contribution < -0.4 is 0 Å². The molecule has 0 bridgehead atoms. The Balaban J connectivity index is 1.94. The number of hydrogen-bond acceptors (Lipinski definition) is 8. The summed E-state index contributed by atoms with van der Waals surface area (Å²) in [5, 5.41) is 20.1. The van der Waals surface area contributed by atoms with Gasteiger partial charge in [0.25, 0.3) is 5.91 Å². The SMILES string of the molecule is CC(C)SC1=NSC2=NC(=O)/C(=C\c3ccc([N+](=O)[O-])o3)C(=N)N21. The maximum Gasteiger partial charge on any atom is 0.433 e. The Hall–Kier alpha value is -2.40. The maximum atomic E-state index is 12.2. The summed E-state index contributed by atoms with van der Waals surface area (Å²) in [7, 11) is 0. The van der Waals surface area contributed by atoms with Crippen LogP contribution in [0.25, 0.3) is 6.08 Å². The van der Waals surface area contributed by atoms with E-state index in [1.54, 1.807) is 0 Å². The number of amidine groups is 3. The largest absolute Gasteiger partial charge is 0.433 e. The zero-order chi connectivity index (χ0) is 17.4. The molecule has 1 N–H and O–H groups in total. The highest BCUT2D eigenvalue weighted by molar-refractivity contribution is 8.19. The van der Waals surface area contributed by atoms with Crippen molar-refractivity contribution < 1.29 is 14.1 Å². The number of carbonyl (C=O) groups excluding carboxylic acids is 1. The lowest BCUT2D eigenvalue weighted by molar-refractivity contribution is -0.402. The first-order valence-corrected chi connectivity index (χ1v) is 8.42. The predicted molar refractivity (Wildman–Crippen MR) is 93.1 cm³/mol. The number of furan rings is 1. The summed E-state index contributed by atoms with van der Waals surface area (Å²) in [5.41, 5.74) is -0.0115. The highest BCUT2D eigenvalue weighted by Gasteiger charge is 2.38. The van der Waals surface area contributed by atoms with Gasteiger partial charge in [0.1, 0.15) is 16.5 Å². The van der Waals surface area contributed by atoms with Gasteiger partial charge in [0.05, 0.1) is 23.6 Å². The van der Waals surface area contributed by atoms with E-state index in [1.165, 1.54) is 34.9 Å². The van der Waals surface area contributed by atoms with Crippen LogP contribution in [0, 0.1) is 15.5 Å². The van der Waals surface area contributed by atoms with Gasteiger partial charge >= 0.3 is 5.88 Å². The zero-order valence-corrected chi connectivity index (χ0v) is 14.2. The van der Waals surface area contributed by atoms with Crippen molar-refractivity contribution in [3.63, 3.8) is 0 Å². The molecule has 2 aliphatic rings. The van der Waals surface area contributed by atoms with E-state index in [1.807, 2.05) is 13.8 Å². The van der Waals surface area contributed by atoms with E-state index >= 15 is 0 Å². The Morgan fingerprint density at radius 1 is 1.50 bits per heavy atom. The van der Waals surface area contributed by atoms with Gasteiger partial charge in [0.2, 0.25) is 5.17 Å². The second kappa shape index (κ2) is 6.24. The van der Waals surface area contributed by atoms with E-state index < -0.39 is 16.7 Å². The molecule has 3 rings (SSSR count). The third-order valence-electron chi connectivity index (χ3n) is 2.91. The molecule has 1 aromatic heterocycles. The quantitative estimate of drug-likeness (QED) is 0.378. The first-order valence-electron chi connectivity index (χ1n) is 6.76. The highest BCUT2D eigenvalue weighted by Crippen LogP contribution is 2.33. The molecule has 11 heteroatoms. The van der Waals surface area contributed by atoms with Crippen LogP contribution in [-0.4, -0.2) is 37.2 Å². The van der Waals surface area contributed by atoms with E-state index in [0.29, 0.717) is 10.3 Å². The second-order valence-electron chi connectivity index (χ2n) is 5.01. The molecule has 0 saturated heterocycles. The van der Waals surface area contributed by atoms with E-state index in [9.17, 15) is 14.9 Å². The molecule has 0 aromatic carbocycles. The molecule has 0 atom stereocenters. The topological polar surface area (TPSA) is 125 Å². The molecule has 1 amide bonds. The van der Waals surface area contributed by atoms with E-state index in [0.717, 1.165) is 11.9 Å². The number of thioether (sulfide) groups is 1. The van der Waals surface area contributed by atoms with Gasteiger partial charge in [0.15, 0.2) is 5.17 Å². The molecule has 0 radical (unpaired) electrons. The first kappa shape index (κ1) is 16.5. The van der Waals surface area contributed by atoms with Crippen molar-refractivity contribution >= 4 is 57.7 Å². The number of amides is 1. The van der Waals surface area contributed by atoms with Crippen LogP contribution >= 0.6 is 23.7 Å². The summed E-state index contributed by atoms with van der Waals surface area (Å²) in [5.74, 6) is -1.02. The van der Waals surface area contributed by atoms with Crippen molar-refractivity contribution in [1.82, 2.24) is 4.90 Å². The Morgan fingerprint density at radius 3 is 2.88 bits per heavy atom. The molecule has 0 fully saturated rings. The number of rotatable bonds is 3. The van der Waals surface area contributed by atoms with E-state index in [2.05, 4.69) is 9.39 Å². The van der Waals surface area contributed by atoms with Crippen molar-refractivity contribution in [3.8, 4) is 0 Å². The van der Waals surface area contributed by atoms with Crippen molar-refractivity contribution in [2.75, 3.05) is 0 Å². The maximum absolute atomic E-state index is 12.2. The minimum atomic E-state index is -0.673. The van der Waals surface area contributed by atoms with Gasteiger partial charge in [-0.1, -0.05) is 25.6 Å². The average Bonchev–Trinajstić information content (AvgIpc) is 3.10. The van der Waals surface area contributed by atoms with Gasteiger partial charge in [-0.25, -0.2) is 4.90 Å². The summed E-state index contributed by atoms with van der Waals surface area (Å²) < 4.78 is 9.25. The summed E-state index contributed by atoms with van der Waals surface area (Å²) in [6, 6.07) is 2.55. The standard InChI is InChI=1S/C13H11N5O4S2/c1-6(2)23-13-16-24-12-15-11(19)8(10(14)17(12)13)5-7-3-4-9(22-7)18(20)21/h3-6,14H,1-2H3/b8-5-,14-10?. The molecule has 0 saturated carbocycles. The smallest absolute Gasteiger partial charge is 0.401 e. The van der Waals surface area contributed by atoms with Gasteiger partial charge in [0, 0.05) is 5.25 Å². The van der Waals surface area contributed by atoms with Crippen LogP contribution in [-0.2, 0) is 4.79 Å². The van der Waals surface area contributed by atoms with Crippen LogP contribution in [0.2, 0.25) is 0 Å². The van der Waals surface area contributed by atoms with E-state index in [4.69, 9.17) is 9.83 Å². The van der Waals surface area contributed by atoms with Gasteiger partial charge in [-0.05, 0) is 12.1 Å². The Labute approximate surface area is 144 Å². The number of nitrogens with one attached hydrogen (secondary N) is 1. The van der Waals surface area contributed by atoms with E-state index in [-0.39, 0.29) is 22.4 Å². The molecule has 3 heterocycles. The lowest BCUT2D eigenvalue weighted by Crippen LogP contribution is -2.41. The number of carbonyl (C=O) groups is 1. The van der Waals surface area contributed by atoms with Crippen LogP contribution in [0.1, 0.15) is 19.6 Å². The molecule has 124 valence electrons. The Morgan fingerprint density at radius 2 is 2.25 bits per heavy atom. The van der Waals surface area contributed by atoms with Crippen molar-refractivity contribution in [1.29, 1.82) is 5.41 Å². The summed E-state index contributed by atoms with van der Waals surface area (Å²) in [6.45, 7) is 3.98. The summed E-state index contributed by atoms with van der Waals surface area (Å²) in [4.78, 5) is 27.6. The van der Waals surface area contributed by atoms with Crippen molar-refractivity contribution in [2.24, 2.45) is 9.39 Å². The summed E-state index contributed by atoms with van der Waals surface area (Å²) in [6.07, 6.45) is 1.28. The number of nitrogens with zero attached hydrogens (tertiary/aromatic N) is 4. The van der Waals surface area contributed by atoms with Gasteiger partial charge in [-0.2, -0.15) is 9.39 Å². The molecule has 0 spiro atoms. The lowest BCUT2D eigenvalue weighted by atomic mass is 10.1. The molecule has 24 heavy (non-hydrogen) atoms. The Bertz CT molecular complexity index is 839. The highest BCUT2D eigenvalue weighted by atomic mass is 32.2. The molecule has 0 unspecified atom stereocenters. The monoisotopic (exact) mass is 365 g/mol. The molecule has 1 aromatic rings. The number of aliphatic imine (C=N–C) groups is 1.